The molecule has 2 heterocycles. The Balaban J connectivity index is 1.62. The molecule has 0 saturated heterocycles. The zero-order chi connectivity index (χ0) is 24.0. The number of halogens is 2. The van der Waals surface area contributed by atoms with E-state index in [-0.39, 0.29) is 11.0 Å². The molecule has 5 rings (SSSR count). The lowest BCUT2D eigenvalue weighted by molar-refractivity contribution is 0.218. The normalized spacial score (nSPS) is 16.1. The highest BCUT2D eigenvalue weighted by molar-refractivity contribution is 7.98. The van der Waals surface area contributed by atoms with Crippen molar-refractivity contribution in [2.45, 2.75) is 50.9 Å². The smallest absolute Gasteiger partial charge is 0.267 e. The molecule has 0 N–H and O–H groups in total. The maximum Gasteiger partial charge on any atom is 0.267 e. The molecule has 0 spiro atoms. The topological polar surface area (TPSA) is 34.9 Å². The fraction of sp³-hybridized carbons (Fsp3) is 0.333. The number of thiophene rings is 1. The van der Waals surface area contributed by atoms with Crippen molar-refractivity contribution >= 4 is 56.5 Å². The maximum absolute atomic E-state index is 14.0. The van der Waals surface area contributed by atoms with Crippen LogP contribution in [0.25, 0.3) is 15.9 Å². The molecule has 176 valence electrons. The van der Waals surface area contributed by atoms with E-state index >= 15 is 0 Å². The Morgan fingerprint density at radius 2 is 1.91 bits per heavy atom. The van der Waals surface area contributed by atoms with Crippen LogP contribution in [0, 0.1) is 11.3 Å². The van der Waals surface area contributed by atoms with Crippen molar-refractivity contribution in [2.75, 3.05) is 0 Å². The summed E-state index contributed by atoms with van der Waals surface area (Å²) in [4.78, 5) is 21.2. The SMILES string of the molecule is CC(C)(C)C1CCc2c(sc3nc(SCc4ccc(Cl)cc4Cl)n(-c4ccccc4)c(=O)c23)C1. The Morgan fingerprint density at radius 3 is 2.62 bits per heavy atom. The van der Waals surface area contributed by atoms with Gasteiger partial charge in [0.25, 0.3) is 5.56 Å². The minimum Gasteiger partial charge on any atom is -0.268 e. The van der Waals surface area contributed by atoms with E-state index in [2.05, 4.69) is 20.8 Å². The summed E-state index contributed by atoms with van der Waals surface area (Å²) >= 11 is 15.7. The number of thioether (sulfide) groups is 1. The minimum absolute atomic E-state index is 0.0209. The number of hydrogen-bond donors (Lipinski definition) is 0. The van der Waals surface area contributed by atoms with E-state index < -0.39 is 0 Å². The summed E-state index contributed by atoms with van der Waals surface area (Å²) < 4.78 is 1.76. The fourth-order valence-electron chi connectivity index (χ4n) is 4.63. The molecule has 4 aromatic rings. The Hall–Kier alpha value is -1.79. The van der Waals surface area contributed by atoms with Crippen LogP contribution in [-0.2, 0) is 18.6 Å². The molecule has 1 aliphatic carbocycles. The number of hydrogen-bond acceptors (Lipinski definition) is 4. The molecular formula is C27H26Cl2N2OS2. The lowest BCUT2D eigenvalue weighted by Gasteiger charge is -2.33. The number of para-hydroxylation sites is 1. The van der Waals surface area contributed by atoms with Crippen molar-refractivity contribution < 1.29 is 0 Å². The van der Waals surface area contributed by atoms with E-state index in [1.165, 1.54) is 22.2 Å². The highest BCUT2D eigenvalue weighted by Crippen LogP contribution is 2.42. The Morgan fingerprint density at radius 1 is 1.15 bits per heavy atom. The highest BCUT2D eigenvalue weighted by atomic mass is 35.5. The monoisotopic (exact) mass is 528 g/mol. The minimum atomic E-state index is 0.0209. The van der Waals surface area contributed by atoms with Crippen LogP contribution >= 0.6 is 46.3 Å². The summed E-state index contributed by atoms with van der Waals surface area (Å²) in [5.41, 5.74) is 3.27. The second-order valence-corrected chi connectivity index (χ2v) is 12.8. The van der Waals surface area contributed by atoms with Crippen molar-refractivity contribution in [3.05, 3.63) is 84.9 Å². The van der Waals surface area contributed by atoms with Gasteiger partial charge in [0.2, 0.25) is 0 Å². The number of rotatable bonds is 4. The van der Waals surface area contributed by atoms with Crippen LogP contribution < -0.4 is 5.56 Å². The van der Waals surface area contributed by atoms with Gasteiger partial charge in [-0.15, -0.1) is 11.3 Å². The predicted molar refractivity (Wildman–Crippen MR) is 146 cm³/mol. The van der Waals surface area contributed by atoms with Crippen LogP contribution in [0.15, 0.2) is 58.5 Å². The number of aromatic nitrogens is 2. The Kier molecular flexibility index (Phi) is 6.58. The predicted octanol–water partition coefficient (Wildman–Crippen LogP) is 8.20. The van der Waals surface area contributed by atoms with Crippen molar-refractivity contribution in [1.29, 1.82) is 0 Å². The van der Waals surface area contributed by atoms with Crippen LogP contribution in [0.5, 0.6) is 0 Å². The molecule has 3 nitrogen and oxygen atoms in total. The zero-order valence-electron chi connectivity index (χ0n) is 19.4. The standard InChI is InChI=1S/C27H26Cl2N2OS2/c1-27(2,3)17-10-12-20-22(13-17)34-24-23(20)25(32)31(19-7-5-4-6-8-19)26(30-24)33-15-16-9-11-18(28)14-21(16)29/h4-9,11,14,17H,10,12-13,15H2,1-3H3. The van der Waals surface area contributed by atoms with Gasteiger partial charge in [-0.05, 0) is 66.0 Å². The van der Waals surface area contributed by atoms with Gasteiger partial charge < -0.3 is 0 Å². The summed E-state index contributed by atoms with van der Waals surface area (Å²) in [6.45, 7) is 6.94. The highest BCUT2D eigenvalue weighted by Gasteiger charge is 2.32. The van der Waals surface area contributed by atoms with Gasteiger partial charge in [0.15, 0.2) is 5.16 Å². The van der Waals surface area contributed by atoms with E-state index in [1.54, 1.807) is 22.0 Å². The van der Waals surface area contributed by atoms with Crippen molar-refractivity contribution in [3.63, 3.8) is 0 Å². The summed E-state index contributed by atoms with van der Waals surface area (Å²) in [6.07, 6.45) is 3.07. The first-order chi connectivity index (χ1) is 16.2. The first kappa shape index (κ1) is 23.9. The van der Waals surface area contributed by atoms with E-state index in [0.29, 0.717) is 26.9 Å². The average molecular weight is 530 g/mol. The third-order valence-electron chi connectivity index (χ3n) is 6.66. The van der Waals surface area contributed by atoms with Crippen molar-refractivity contribution in [1.82, 2.24) is 9.55 Å². The molecule has 0 saturated carbocycles. The summed E-state index contributed by atoms with van der Waals surface area (Å²) in [7, 11) is 0. The molecule has 1 atom stereocenters. The van der Waals surface area contributed by atoms with Gasteiger partial charge in [-0.3, -0.25) is 9.36 Å². The second-order valence-electron chi connectivity index (χ2n) is 9.88. The van der Waals surface area contributed by atoms with E-state index in [9.17, 15) is 4.79 Å². The average Bonchev–Trinajstić information content (AvgIpc) is 3.16. The van der Waals surface area contributed by atoms with Crippen LogP contribution in [-0.4, -0.2) is 9.55 Å². The summed E-state index contributed by atoms with van der Waals surface area (Å²) in [5, 5.41) is 2.71. The molecule has 0 bridgehead atoms. The molecule has 34 heavy (non-hydrogen) atoms. The van der Waals surface area contributed by atoms with E-state index in [4.69, 9.17) is 28.2 Å². The lowest BCUT2D eigenvalue weighted by atomic mass is 9.72. The Labute approximate surface area is 218 Å². The molecule has 7 heteroatoms. The van der Waals surface area contributed by atoms with Crippen LogP contribution in [0.3, 0.4) is 0 Å². The molecule has 0 aliphatic heterocycles. The lowest BCUT2D eigenvalue weighted by Crippen LogP contribution is -2.27. The van der Waals surface area contributed by atoms with Gasteiger partial charge >= 0.3 is 0 Å². The molecule has 2 aromatic carbocycles. The Bertz CT molecular complexity index is 1420. The van der Waals surface area contributed by atoms with Gasteiger partial charge in [-0.1, -0.05) is 80.0 Å². The summed E-state index contributed by atoms with van der Waals surface area (Å²) in [6, 6.07) is 15.3. The zero-order valence-corrected chi connectivity index (χ0v) is 22.5. The molecule has 0 fully saturated rings. The molecular weight excluding hydrogens is 503 g/mol. The number of nitrogens with zero attached hydrogens (tertiary/aromatic N) is 2. The first-order valence-corrected chi connectivity index (χ1v) is 14.0. The number of fused-ring (bicyclic) bond motifs is 3. The van der Waals surface area contributed by atoms with Gasteiger partial charge in [0.05, 0.1) is 11.1 Å². The quantitative estimate of drug-likeness (QED) is 0.197. The fourth-order valence-corrected chi connectivity index (χ4v) is 7.54. The van der Waals surface area contributed by atoms with Gasteiger partial charge in [0.1, 0.15) is 4.83 Å². The second kappa shape index (κ2) is 9.34. The van der Waals surface area contributed by atoms with Crippen molar-refractivity contribution in [3.8, 4) is 5.69 Å². The van der Waals surface area contributed by atoms with Crippen LogP contribution in [0.1, 0.15) is 43.2 Å². The van der Waals surface area contributed by atoms with E-state index in [0.717, 1.165) is 40.7 Å². The van der Waals surface area contributed by atoms with E-state index in [1.807, 2.05) is 42.5 Å². The molecule has 1 unspecified atom stereocenters. The molecule has 0 amide bonds. The van der Waals surface area contributed by atoms with Gasteiger partial charge in [-0.25, -0.2) is 4.98 Å². The summed E-state index contributed by atoms with van der Waals surface area (Å²) in [5.74, 6) is 1.21. The number of aryl methyl sites for hydroxylation is 1. The third kappa shape index (κ3) is 4.56. The van der Waals surface area contributed by atoms with Gasteiger partial charge in [0, 0.05) is 20.7 Å². The third-order valence-corrected chi connectivity index (χ3v) is 9.39. The van der Waals surface area contributed by atoms with Crippen LogP contribution in [0.4, 0.5) is 0 Å². The largest absolute Gasteiger partial charge is 0.268 e. The van der Waals surface area contributed by atoms with Crippen LogP contribution in [0.2, 0.25) is 10.0 Å². The number of benzene rings is 2. The van der Waals surface area contributed by atoms with Crippen molar-refractivity contribution in [2.24, 2.45) is 11.3 Å². The molecule has 2 aromatic heterocycles. The first-order valence-electron chi connectivity index (χ1n) is 11.4. The molecule has 0 radical (unpaired) electrons. The molecule has 1 aliphatic rings. The maximum atomic E-state index is 14.0. The van der Waals surface area contributed by atoms with Gasteiger partial charge in [-0.2, -0.15) is 0 Å².